The number of carbonyl (C=O) groups is 1. The molecule has 20 heavy (non-hydrogen) atoms. The molecule has 2 rings (SSSR count). The molecule has 0 spiro atoms. The van der Waals surface area contributed by atoms with E-state index >= 15 is 0 Å². The molecule has 110 valence electrons. The minimum absolute atomic E-state index is 0.0203. The van der Waals surface area contributed by atoms with E-state index < -0.39 is 0 Å². The van der Waals surface area contributed by atoms with Crippen LogP contribution in [0.25, 0.3) is 0 Å². The first-order chi connectivity index (χ1) is 9.39. The van der Waals surface area contributed by atoms with Crippen molar-refractivity contribution in [1.29, 1.82) is 0 Å². The number of aromatic hydroxyl groups is 1. The molecule has 1 atom stereocenters. The van der Waals surface area contributed by atoms with Crippen LogP contribution >= 0.6 is 15.9 Å². The number of rotatable bonds is 3. The average Bonchev–Trinajstić information content (AvgIpc) is 2.36. The van der Waals surface area contributed by atoms with Crippen molar-refractivity contribution in [2.45, 2.75) is 32.0 Å². The molecule has 1 aromatic carbocycles. The molecule has 1 saturated heterocycles. The van der Waals surface area contributed by atoms with Crippen LogP contribution in [0.15, 0.2) is 24.3 Å². The Hall–Kier alpha value is -1.07. The van der Waals surface area contributed by atoms with Crippen molar-refractivity contribution in [3.8, 4) is 5.75 Å². The molecule has 5 heteroatoms. The van der Waals surface area contributed by atoms with Gasteiger partial charge in [0.1, 0.15) is 5.75 Å². The molecule has 1 unspecified atom stereocenters. The van der Waals surface area contributed by atoms with Crippen molar-refractivity contribution in [3.63, 3.8) is 0 Å². The summed E-state index contributed by atoms with van der Waals surface area (Å²) < 4.78 is 5.89. The van der Waals surface area contributed by atoms with Crippen molar-refractivity contribution in [2.75, 3.05) is 18.4 Å². The van der Waals surface area contributed by atoms with Gasteiger partial charge >= 0.3 is 0 Å². The molecular weight excluding hydrogens is 322 g/mol. The predicted molar refractivity (Wildman–Crippen MR) is 81.1 cm³/mol. The maximum absolute atomic E-state index is 12.4. The lowest BCUT2D eigenvalue weighted by Crippen LogP contribution is -2.55. The normalized spacial score (nSPS) is 21.8. The Morgan fingerprint density at radius 2 is 2.30 bits per heavy atom. The molecule has 0 aliphatic carbocycles. The van der Waals surface area contributed by atoms with Crippen molar-refractivity contribution in [2.24, 2.45) is 0 Å². The zero-order chi connectivity index (χ0) is 14.8. The van der Waals surface area contributed by atoms with Gasteiger partial charge in [0.25, 0.3) is 0 Å². The first-order valence-corrected chi connectivity index (χ1v) is 7.81. The third-order valence-corrected chi connectivity index (χ3v) is 3.99. The van der Waals surface area contributed by atoms with Gasteiger partial charge in [-0.3, -0.25) is 4.79 Å². The summed E-state index contributed by atoms with van der Waals surface area (Å²) in [5, 5.41) is 10.2. The summed E-state index contributed by atoms with van der Waals surface area (Å²) in [6.07, 6.45) is 0.325. The lowest BCUT2D eigenvalue weighted by Gasteiger charge is -2.42. The molecule has 0 saturated carbocycles. The SMILES string of the molecule is CC1(C)CN(C(=O)Cc2cccc(O)c2)CC(CBr)O1. The summed E-state index contributed by atoms with van der Waals surface area (Å²) in [5.41, 5.74) is 0.500. The van der Waals surface area contributed by atoms with E-state index in [9.17, 15) is 9.90 Å². The molecule has 1 heterocycles. The van der Waals surface area contributed by atoms with E-state index in [-0.39, 0.29) is 23.4 Å². The second-order valence-electron chi connectivity index (χ2n) is 5.77. The zero-order valence-electron chi connectivity index (χ0n) is 11.8. The van der Waals surface area contributed by atoms with Gasteiger partial charge in [0, 0.05) is 18.4 Å². The summed E-state index contributed by atoms with van der Waals surface area (Å²) in [5.74, 6) is 0.258. The second kappa shape index (κ2) is 6.14. The fraction of sp³-hybridized carbons (Fsp3) is 0.533. The fourth-order valence-corrected chi connectivity index (χ4v) is 2.86. The first-order valence-electron chi connectivity index (χ1n) is 6.69. The number of phenols is 1. The number of carbonyl (C=O) groups excluding carboxylic acids is 1. The number of hydrogen-bond acceptors (Lipinski definition) is 3. The van der Waals surface area contributed by atoms with E-state index in [1.807, 2.05) is 24.8 Å². The van der Waals surface area contributed by atoms with Crippen LogP contribution in [0.1, 0.15) is 19.4 Å². The number of alkyl halides is 1. The van der Waals surface area contributed by atoms with Gasteiger partial charge in [-0.05, 0) is 31.5 Å². The molecule has 0 aromatic heterocycles. The Kier molecular flexibility index (Phi) is 4.70. The highest BCUT2D eigenvalue weighted by molar-refractivity contribution is 9.09. The maximum atomic E-state index is 12.4. The van der Waals surface area contributed by atoms with Crippen LogP contribution < -0.4 is 0 Å². The Labute approximate surface area is 127 Å². The molecule has 0 radical (unpaired) electrons. The highest BCUT2D eigenvalue weighted by atomic mass is 79.9. The number of nitrogens with zero attached hydrogens (tertiary/aromatic N) is 1. The monoisotopic (exact) mass is 341 g/mol. The van der Waals surface area contributed by atoms with Crippen LogP contribution in [0.3, 0.4) is 0 Å². The molecule has 1 N–H and O–H groups in total. The molecular formula is C15H20BrNO3. The third-order valence-electron chi connectivity index (χ3n) is 3.27. The number of hydrogen-bond donors (Lipinski definition) is 1. The standard InChI is InChI=1S/C15H20BrNO3/c1-15(2)10-17(9-13(8-16)20-15)14(19)7-11-4-3-5-12(18)6-11/h3-6,13,18H,7-10H2,1-2H3. The van der Waals surface area contributed by atoms with E-state index in [1.54, 1.807) is 18.2 Å². The summed E-state index contributed by atoms with van der Waals surface area (Å²) in [7, 11) is 0. The van der Waals surface area contributed by atoms with Gasteiger partial charge in [-0.25, -0.2) is 0 Å². The average molecular weight is 342 g/mol. The fourth-order valence-electron chi connectivity index (χ4n) is 2.52. The molecule has 4 nitrogen and oxygen atoms in total. The van der Waals surface area contributed by atoms with Gasteiger partial charge in [0.05, 0.1) is 18.1 Å². The minimum atomic E-state index is -0.328. The van der Waals surface area contributed by atoms with E-state index in [1.165, 1.54) is 0 Å². The number of ether oxygens (including phenoxy) is 1. The summed E-state index contributed by atoms with van der Waals surface area (Å²) >= 11 is 3.42. The Bertz CT molecular complexity index is 490. The van der Waals surface area contributed by atoms with E-state index in [2.05, 4.69) is 15.9 Å². The molecule has 0 bridgehead atoms. The second-order valence-corrected chi connectivity index (χ2v) is 6.42. The minimum Gasteiger partial charge on any atom is -0.508 e. The van der Waals surface area contributed by atoms with Crippen LogP contribution in [0.5, 0.6) is 5.75 Å². The van der Waals surface area contributed by atoms with Crippen molar-refractivity contribution >= 4 is 21.8 Å². The van der Waals surface area contributed by atoms with Crippen LogP contribution in [0.2, 0.25) is 0 Å². The Morgan fingerprint density at radius 3 is 2.95 bits per heavy atom. The van der Waals surface area contributed by atoms with Gasteiger partial charge in [-0.1, -0.05) is 28.1 Å². The molecule has 1 fully saturated rings. The highest BCUT2D eigenvalue weighted by Gasteiger charge is 2.34. The predicted octanol–water partition coefficient (Wildman–Crippen LogP) is 2.34. The topological polar surface area (TPSA) is 49.8 Å². The quantitative estimate of drug-likeness (QED) is 0.858. The van der Waals surface area contributed by atoms with Crippen molar-refractivity contribution in [1.82, 2.24) is 4.90 Å². The number of amides is 1. The largest absolute Gasteiger partial charge is 0.508 e. The number of morpholine rings is 1. The van der Waals surface area contributed by atoms with Crippen LogP contribution in [-0.2, 0) is 16.0 Å². The van der Waals surface area contributed by atoms with Crippen LogP contribution in [0, 0.1) is 0 Å². The smallest absolute Gasteiger partial charge is 0.227 e. The zero-order valence-corrected chi connectivity index (χ0v) is 13.4. The molecule has 1 aromatic rings. The van der Waals surface area contributed by atoms with E-state index in [4.69, 9.17) is 4.74 Å². The van der Waals surface area contributed by atoms with Gasteiger partial charge in [0.15, 0.2) is 0 Å². The van der Waals surface area contributed by atoms with Gasteiger partial charge in [-0.2, -0.15) is 0 Å². The van der Waals surface area contributed by atoms with E-state index in [0.29, 0.717) is 24.8 Å². The lowest BCUT2D eigenvalue weighted by atomic mass is 10.0. The Morgan fingerprint density at radius 1 is 1.55 bits per heavy atom. The summed E-state index contributed by atoms with van der Waals surface area (Å²) in [6, 6.07) is 6.84. The van der Waals surface area contributed by atoms with Gasteiger partial charge < -0.3 is 14.7 Å². The maximum Gasteiger partial charge on any atom is 0.227 e. The Balaban J connectivity index is 2.04. The molecule has 1 amide bonds. The summed E-state index contributed by atoms with van der Waals surface area (Å²) in [6.45, 7) is 5.19. The summed E-state index contributed by atoms with van der Waals surface area (Å²) in [4.78, 5) is 14.2. The van der Waals surface area contributed by atoms with Crippen LogP contribution in [-0.4, -0.2) is 46.0 Å². The molecule has 1 aliphatic heterocycles. The van der Waals surface area contributed by atoms with Crippen molar-refractivity contribution in [3.05, 3.63) is 29.8 Å². The van der Waals surface area contributed by atoms with Gasteiger partial charge in [-0.15, -0.1) is 0 Å². The van der Waals surface area contributed by atoms with Crippen LogP contribution in [0.4, 0.5) is 0 Å². The third kappa shape index (κ3) is 3.96. The lowest BCUT2D eigenvalue weighted by molar-refractivity contribution is -0.156. The van der Waals surface area contributed by atoms with Gasteiger partial charge in [0.2, 0.25) is 5.91 Å². The van der Waals surface area contributed by atoms with E-state index in [0.717, 1.165) is 5.56 Å². The highest BCUT2D eigenvalue weighted by Crippen LogP contribution is 2.23. The molecule has 1 aliphatic rings. The van der Waals surface area contributed by atoms with Crippen molar-refractivity contribution < 1.29 is 14.6 Å². The number of phenolic OH excluding ortho intramolecular Hbond substituents is 1. The first kappa shape index (κ1) is 15.3. The number of benzene rings is 1. The number of halogens is 1.